The molecule has 3 heterocycles. The first-order valence-electron chi connectivity index (χ1n) is 9.17. The van der Waals surface area contributed by atoms with Crippen molar-refractivity contribution in [3.05, 3.63) is 59.9 Å². The molecule has 136 valence electrons. The van der Waals surface area contributed by atoms with E-state index in [4.69, 9.17) is 4.74 Å². The number of carbonyl (C=O) groups excluding carboxylic acids is 1. The van der Waals surface area contributed by atoms with E-state index in [2.05, 4.69) is 15.2 Å². The van der Waals surface area contributed by atoms with Crippen LogP contribution in [0.15, 0.2) is 48.8 Å². The summed E-state index contributed by atoms with van der Waals surface area (Å²) in [4.78, 5) is 21.6. The summed E-state index contributed by atoms with van der Waals surface area (Å²) in [5.74, 6) is 0.0777. The number of anilines is 1. The van der Waals surface area contributed by atoms with Crippen molar-refractivity contribution in [2.24, 2.45) is 0 Å². The second kappa shape index (κ2) is 7.85. The molecular weight excluding hydrogens is 328 g/mol. The molecule has 4 rings (SSSR count). The number of nitrogens with one attached hydrogen (secondary N) is 1. The van der Waals surface area contributed by atoms with Crippen molar-refractivity contribution in [1.82, 2.24) is 15.2 Å². The van der Waals surface area contributed by atoms with Gasteiger partial charge in [-0.1, -0.05) is 6.07 Å². The van der Waals surface area contributed by atoms with E-state index in [1.54, 1.807) is 6.20 Å². The van der Waals surface area contributed by atoms with Gasteiger partial charge in [-0.25, -0.2) is 0 Å². The zero-order valence-electron chi connectivity index (χ0n) is 14.8. The summed E-state index contributed by atoms with van der Waals surface area (Å²) in [6.45, 7) is 5.58. The van der Waals surface area contributed by atoms with Crippen LogP contribution in [-0.4, -0.2) is 61.7 Å². The van der Waals surface area contributed by atoms with Gasteiger partial charge in [0.15, 0.2) is 0 Å². The fourth-order valence-corrected chi connectivity index (χ4v) is 3.62. The Bertz CT molecular complexity index is 729. The SMILES string of the molecule is O=C(c1ccc(N2CCOCC2)cc1)N1CCNCC1c1cccnc1. The minimum atomic E-state index is 0.0175. The lowest BCUT2D eigenvalue weighted by molar-refractivity contribution is 0.0634. The van der Waals surface area contributed by atoms with Gasteiger partial charge in [0.2, 0.25) is 0 Å². The molecule has 2 aliphatic rings. The molecule has 2 saturated heterocycles. The molecule has 1 N–H and O–H groups in total. The second-order valence-corrected chi connectivity index (χ2v) is 6.65. The first-order valence-corrected chi connectivity index (χ1v) is 9.17. The Balaban J connectivity index is 1.52. The van der Waals surface area contributed by atoms with Crippen molar-refractivity contribution in [1.29, 1.82) is 0 Å². The summed E-state index contributed by atoms with van der Waals surface area (Å²) in [6, 6.07) is 11.9. The third-order valence-corrected chi connectivity index (χ3v) is 5.06. The average Bonchev–Trinajstić information content (AvgIpc) is 2.75. The topological polar surface area (TPSA) is 57.7 Å². The zero-order chi connectivity index (χ0) is 17.8. The first kappa shape index (κ1) is 17.0. The monoisotopic (exact) mass is 352 g/mol. The fraction of sp³-hybridized carbons (Fsp3) is 0.400. The van der Waals surface area contributed by atoms with Gasteiger partial charge in [0, 0.05) is 56.4 Å². The molecule has 1 atom stereocenters. The number of hydrogen-bond donors (Lipinski definition) is 1. The molecule has 0 radical (unpaired) electrons. The maximum atomic E-state index is 13.1. The second-order valence-electron chi connectivity index (χ2n) is 6.65. The highest BCUT2D eigenvalue weighted by Crippen LogP contribution is 2.24. The van der Waals surface area contributed by atoms with Crippen LogP contribution < -0.4 is 10.2 Å². The zero-order valence-corrected chi connectivity index (χ0v) is 14.8. The average molecular weight is 352 g/mol. The van der Waals surface area contributed by atoms with Gasteiger partial charge in [0.25, 0.3) is 5.91 Å². The summed E-state index contributed by atoms with van der Waals surface area (Å²) in [7, 11) is 0. The quantitative estimate of drug-likeness (QED) is 0.911. The largest absolute Gasteiger partial charge is 0.378 e. The van der Waals surface area contributed by atoms with Crippen LogP contribution in [0.25, 0.3) is 0 Å². The minimum absolute atomic E-state index is 0.0175. The molecule has 2 aromatic rings. The molecule has 0 saturated carbocycles. The lowest BCUT2D eigenvalue weighted by Gasteiger charge is -2.36. The molecule has 2 fully saturated rings. The Morgan fingerprint density at radius 2 is 1.92 bits per heavy atom. The number of carbonyl (C=O) groups is 1. The van der Waals surface area contributed by atoms with E-state index in [-0.39, 0.29) is 11.9 Å². The van der Waals surface area contributed by atoms with Gasteiger partial charge in [-0.2, -0.15) is 0 Å². The van der Waals surface area contributed by atoms with E-state index in [1.165, 1.54) is 0 Å². The molecule has 0 bridgehead atoms. The van der Waals surface area contributed by atoms with Gasteiger partial charge in [0.05, 0.1) is 19.3 Å². The predicted octanol–water partition coefficient (Wildman–Crippen LogP) is 1.70. The Morgan fingerprint density at radius 3 is 2.65 bits per heavy atom. The third-order valence-electron chi connectivity index (χ3n) is 5.06. The van der Waals surface area contributed by atoms with Gasteiger partial charge in [-0.3, -0.25) is 9.78 Å². The molecule has 6 heteroatoms. The van der Waals surface area contributed by atoms with Crippen LogP contribution >= 0.6 is 0 Å². The minimum Gasteiger partial charge on any atom is -0.378 e. The summed E-state index contributed by atoms with van der Waals surface area (Å²) in [6.07, 6.45) is 3.61. The van der Waals surface area contributed by atoms with E-state index in [0.717, 1.165) is 56.2 Å². The Hall–Kier alpha value is -2.44. The van der Waals surface area contributed by atoms with Crippen molar-refractivity contribution in [2.75, 3.05) is 50.8 Å². The maximum absolute atomic E-state index is 13.1. The van der Waals surface area contributed by atoms with Crippen molar-refractivity contribution in [3.63, 3.8) is 0 Å². The molecule has 0 spiro atoms. The Labute approximate surface area is 153 Å². The molecule has 1 aromatic heterocycles. The van der Waals surface area contributed by atoms with Crippen LogP contribution in [0.5, 0.6) is 0 Å². The fourth-order valence-electron chi connectivity index (χ4n) is 3.62. The number of aromatic nitrogens is 1. The van der Waals surface area contributed by atoms with Crippen LogP contribution in [0.4, 0.5) is 5.69 Å². The highest BCUT2D eigenvalue weighted by Gasteiger charge is 2.28. The molecule has 26 heavy (non-hydrogen) atoms. The molecular formula is C20H24N4O2. The van der Waals surface area contributed by atoms with Crippen molar-refractivity contribution >= 4 is 11.6 Å². The number of amides is 1. The van der Waals surface area contributed by atoms with Crippen LogP contribution in [0, 0.1) is 0 Å². The third kappa shape index (κ3) is 3.57. The number of nitrogens with zero attached hydrogens (tertiary/aromatic N) is 3. The van der Waals surface area contributed by atoms with Crippen molar-refractivity contribution < 1.29 is 9.53 Å². The summed E-state index contributed by atoms with van der Waals surface area (Å²) >= 11 is 0. The predicted molar refractivity (Wildman–Crippen MR) is 100 cm³/mol. The van der Waals surface area contributed by atoms with Crippen molar-refractivity contribution in [2.45, 2.75) is 6.04 Å². The summed E-state index contributed by atoms with van der Waals surface area (Å²) < 4.78 is 5.40. The maximum Gasteiger partial charge on any atom is 0.254 e. The van der Waals surface area contributed by atoms with E-state index in [1.807, 2.05) is 47.5 Å². The van der Waals surface area contributed by atoms with Crippen LogP contribution in [0.2, 0.25) is 0 Å². The number of piperazine rings is 1. The van der Waals surface area contributed by atoms with E-state index in [9.17, 15) is 4.79 Å². The smallest absolute Gasteiger partial charge is 0.254 e. The van der Waals surface area contributed by atoms with E-state index < -0.39 is 0 Å². The van der Waals surface area contributed by atoms with Crippen LogP contribution in [-0.2, 0) is 4.74 Å². The van der Waals surface area contributed by atoms with Gasteiger partial charge in [0.1, 0.15) is 0 Å². The molecule has 2 aliphatic heterocycles. The van der Waals surface area contributed by atoms with Gasteiger partial charge < -0.3 is 19.9 Å². The van der Waals surface area contributed by atoms with Gasteiger partial charge in [-0.05, 0) is 35.9 Å². The van der Waals surface area contributed by atoms with E-state index in [0.29, 0.717) is 6.54 Å². The van der Waals surface area contributed by atoms with Crippen molar-refractivity contribution in [3.8, 4) is 0 Å². The Kier molecular flexibility index (Phi) is 5.13. The summed E-state index contributed by atoms with van der Waals surface area (Å²) in [5.41, 5.74) is 2.95. The number of morpholine rings is 1. The van der Waals surface area contributed by atoms with Crippen LogP contribution in [0.3, 0.4) is 0 Å². The standard InChI is InChI=1S/C20H24N4O2/c25-20(16-3-5-18(6-4-16)23-10-12-26-13-11-23)24-9-8-22-15-19(24)17-2-1-7-21-14-17/h1-7,14,19,22H,8-13,15H2. The number of ether oxygens (including phenoxy) is 1. The number of hydrogen-bond acceptors (Lipinski definition) is 5. The molecule has 1 unspecified atom stereocenters. The molecule has 6 nitrogen and oxygen atoms in total. The Morgan fingerprint density at radius 1 is 1.12 bits per heavy atom. The highest BCUT2D eigenvalue weighted by molar-refractivity contribution is 5.95. The van der Waals surface area contributed by atoms with Crippen LogP contribution in [0.1, 0.15) is 22.0 Å². The summed E-state index contributed by atoms with van der Waals surface area (Å²) in [5, 5.41) is 3.38. The van der Waals surface area contributed by atoms with Gasteiger partial charge in [-0.15, -0.1) is 0 Å². The lowest BCUT2D eigenvalue weighted by atomic mass is 10.0. The van der Waals surface area contributed by atoms with E-state index >= 15 is 0 Å². The molecule has 0 aliphatic carbocycles. The normalized spacial score (nSPS) is 20.8. The highest BCUT2D eigenvalue weighted by atomic mass is 16.5. The van der Waals surface area contributed by atoms with Gasteiger partial charge >= 0.3 is 0 Å². The number of benzene rings is 1. The first-order chi connectivity index (χ1) is 12.8. The lowest BCUT2D eigenvalue weighted by Crippen LogP contribution is -2.48. The number of rotatable bonds is 3. The molecule has 1 aromatic carbocycles. The molecule has 1 amide bonds. The number of pyridine rings is 1.